The van der Waals surface area contributed by atoms with Crippen molar-refractivity contribution in [3.05, 3.63) is 173 Å². The number of hydrogen-bond acceptors (Lipinski definition) is 4. The van der Waals surface area contributed by atoms with E-state index < -0.39 is 16.1 Å². The van der Waals surface area contributed by atoms with Crippen molar-refractivity contribution in [1.29, 1.82) is 0 Å². The van der Waals surface area contributed by atoms with E-state index >= 15 is 0 Å². The first kappa shape index (κ1) is 40.1. The Balaban J connectivity index is 0.000000632. The van der Waals surface area contributed by atoms with Crippen molar-refractivity contribution in [3.8, 4) is 0 Å². The Hall–Kier alpha value is -4.11. The predicted octanol–water partition coefficient (Wildman–Crippen LogP) is 5.95. The van der Waals surface area contributed by atoms with Gasteiger partial charge in [-0.2, -0.15) is 0 Å². The van der Waals surface area contributed by atoms with Crippen LogP contribution in [0.5, 0.6) is 0 Å². The average Bonchev–Trinajstić information content (AvgIpc) is 3.08. The second kappa shape index (κ2) is 20.3. The summed E-state index contributed by atoms with van der Waals surface area (Å²) < 4.78 is 30.0. The Morgan fingerprint density at radius 2 is 1.08 bits per heavy atom. The van der Waals surface area contributed by atoms with Crippen molar-refractivity contribution in [1.82, 2.24) is 16.2 Å². The first-order chi connectivity index (χ1) is 22.2. The lowest BCUT2D eigenvalue weighted by Gasteiger charge is -2.30. The molecular weight excluding hydrogens is 638 g/mol. The van der Waals surface area contributed by atoms with Gasteiger partial charge in [0.2, 0.25) is 10.0 Å². The van der Waals surface area contributed by atoms with E-state index in [-0.39, 0.29) is 35.3 Å². The third kappa shape index (κ3) is 12.5. The molecule has 0 saturated carbocycles. The molecule has 5 aromatic rings. The Morgan fingerprint density at radius 3 is 1.56 bits per heavy atom. The third-order valence-electron chi connectivity index (χ3n) is 7.82. The van der Waals surface area contributed by atoms with E-state index in [1.807, 2.05) is 97.9 Å². The summed E-state index contributed by atoms with van der Waals surface area (Å²) in [4.78, 5) is 10.9. The molecule has 0 aliphatic carbocycles. The van der Waals surface area contributed by atoms with Crippen LogP contribution in [0, 0.1) is 13.8 Å². The zero-order valence-electron chi connectivity index (χ0n) is 28.3. The van der Waals surface area contributed by atoms with Gasteiger partial charge in [0.1, 0.15) is 0 Å². The molecule has 0 aliphatic heterocycles. The van der Waals surface area contributed by atoms with Gasteiger partial charge < -0.3 is 23.9 Å². The van der Waals surface area contributed by atoms with Gasteiger partial charge >= 0.3 is 0 Å². The van der Waals surface area contributed by atoms with Crippen molar-refractivity contribution in [2.75, 3.05) is 6.54 Å². The van der Waals surface area contributed by atoms with Crippen LogP contribution in [-0.4, -0.2) is 20.7 Å². The van der Waals surface area contributed by atoms with E-state index in [0.717, 1.165) is 48.1 Å². The number of sulfonamides is 1. The summed E-state index contributed by atoms with van der Waals surface area (Å²) in [5, 5.41) is 3.69. The molecule has 254 valence electrons. The molecule has 0 unspecified atom stereocenters. The highest BCUT2D eigenvalue weighted by Gasteiger charge is 2.29. The van der Waals surface area contributed by atoms with E-state index in [1.165, 1.54) is 11.1 Å². The maximum Gasteiger partial charge on any atom is 0.241 e. The molecule has 2 atom stereocenters. The standard InChI is InChI=1S/C32H36N2O2S.C8H8O.ClH.H3N/c1-25-16-20-27(21-17-25)11-9-10-24-33-31(28-12-5-3-6-13-28)32(29-14-7-4-8-15-29)34-37(35,36)30-22-18-26(2)19-23-30;1-7(9)8-5-3-2-4-6-8;;/h3-8,12-23,31-34H,9-11,24H2,1-2H3;2-6H,1H3;1H;1H3/t31-,32-;;;/m0.../s1. The predicted molar refractivity (Wildman–Crippen MR) is 194 cm³/mol. The zero-order valence-corrected chi connectivity index (χ0v) is 29.8. The molecule has 6 N–H and O–H groups in total. The van der Waals surface area contributed by atoms with Crippen LogP contribution in [-0.2, 0) is 16.4 Å². The number of aryl methyl sites for hydroxylation is 3. The lowest BCUT2D eigenvalue weighted by atomic mass is 9.94. The molecule has 48 heavy (non-hydrogen) atoms. The first-order valence-corrected chi connectivity index (χ1v) is 17.2. The van der Waals surface area contributed by atoms with Crippen molar-refractivity contribution < 1.29 is 25.6 Å². The monoisotopic (exact) mass is 685 g/mol. The van der Waals surface area contributed by atoms with E-state index in [4.69, 9.17) is 0 Å². The molecule has 0 spiro atoms. The molecule has 0 fully saturated rings. The molecule has 0 radical (unpaired) electrons. The van der Waals surface area contributed by atoms with Crippen molar-refractivity contribution in [3.63, 3.8) is 0 Å². The van der Waals surface area contributed by atoms with Crippen LogP contribution >= 0.6 is 0 Å². The fraction of sp³-hybridized carbons (Fsp3) is 0.225. The van der Waals surface area contributed by atoms with E-state index in [1.54, 1.807) is 19.1 Å². The number of carbonyl (C=O) groups excluding carboxylic acids is 1. The molecule has 0 heterocycles. The number of quaternary nitrogens is 1. The maximum atomic E-state index is 13.5. The van der Waals surface area contributed by atoms with Gasteiger partial charge in [0.15, 0.2) is 5.78 Å². The van der Waals surface area contributed by atoms with Crippen LogP contribution in [0.3, 0.4) is 0 Å². The summed E-state index contributed by atoms with van der Waals surface area (Å²) in [6.45, 7) is 6.40. The average molecular weight is 686 g/mol. The molecule has 5 rings (SSSR count). The molecule has 0 saturated heterocycles. The van der Waals surface area contributed by atoms with E-state index in [0.29, 0.717) is 0 Å². The fourth-order valence-electron chi connectivity index (χ4n) is 5.17. The van der Waals surface area contributed by atoms with Crippen molar-refractivity contribution in [2.24, 2.45) is 0 Å². The number of carbonyl (C=O) groups is 1. The Kier molecular flexibility index (Phi) is 16.9. The van der Waals surface area contributed by atoms with Crippen molar-refractivity contribution >= 4 is 15.8 Å². The highest BCUT2D eigenvalue weighted by atomic mass is 35.5. The molecular formula is C40H48ClN3O3S. The van der Waals surface area contributed by atoms with Crippen LogP contribution in [0.4, 0.5) is 0 Å². The van der Waals surface area contributed by atoms with E-state index in [2.05, 4.69) is 53.4 Å². The van der Waals surface area contributed by atoms with Crippen LogP contribution in [0.1, 0.15) is 70.0 Å². The highest BCUT2D eigenvalue weighted by molar-refractivity contribution is 7.89. The Labute approximate surface area is 293 Å². The number of Topliss-reactive ketones (excluding diaryl/α,β-unsaturated/α-hetero) is 1. The smallest absolute Gasteiger partial charge is 0.241 e. The molecule has 5 aromatic carbocycles. The number of rotatable bonds is 13. The lowest BCUT2D eigenvalue weighted by Crippen LogP contribution is -3.00. The van der Waals surface area contributed by atoms with Gasteiger partial charge in [0, 0.05) is 5.56 Å². The molecule has 0 aliphatic rings. The molecule has 0 amide bonds. The minimum Gasteiger partial charge on any atom is -1.00 e. The highest BCUT2D eigenvalue weighted by Crippen LogP contribution is 2.31. The van der Waals surface area contributed by atoms with E-state index in [9.17, 15) is 13.2 Å². The molecule has 0 aromatic heterocycles. The van der Waals surface area contributed by atoms with Crippen LogP contribution in [0.15, 0.2) is 144 Å². The van der Waals surface area contributed by atoms with Gasteiger partial charge in [-0.05, 0) is 75.4 Å². The van der Waals surface area contributed by atoms with Gasteiger partial charge in [0.05, 0.1) is 17.0 Å². The second-order valence-electron chi connectivity index (χ2n) is 11.5. The van der Waals surface area contributed by atoms with Gasteiger partial charge in [-0.1, -0.05) is 139 Å². The number of hydrogen-bond donors (Lipinski definition) is 3. The summed E-state index contributed by atoms with van der Waals surface area (Å²) in [5.74, 6) is 0.121. The quantitative estimate of drug-likeness (QED) is 0.105. The van der Waals surface area contributed by atoms with Crippen LogP contribution < -0.4 is 28.6 Å². The van der Waals surface area contributed by atoms with Gasteiger partial charge in [-0.15, -0.1) is 0 Å². The summed E-state index contributed by atoms with van der Waals surface area (Å²) in [6, 6.07) is 44.1. The minimum atomic E-state index is -3.74. The normalized spacial score (nSPS) is 11.9. The second-order valence-corrected chi connectivity index (χ2v) is 13.2. The molecule has 8 heteroatoms. The number of unbranched alkanes of at least 4 members (excludes halogenated alkanes) is 1. The minimum absolute atomic E-state index is 0. The number of halogens is 1. The maximum absolute atomic E-state index is 13.5. The third-order valence-corrected chi connectivity index (χ3v) is 9.28. The van der Waals surface area contributed by atoms with Gasteiger partial charge in [-0.25, -0.2) is 13.1 Å². The van der Waals surface area contributed by atoms with Crippen LogP contribution in [0.25, 0.3) is 0 Å². The Morgan fingerprint density at radius 1 is 0.625 bits per heavy atom. The van der Waals surface area contributed by atoms with Gasteiger partial charge in [0.25, 0.3) is 0 Å². The summed E-state index contributed by atoms with van der Waals surface area (Å²) >= 11 is 0. The fourth-order valence-corrected chi connectivity index (χ4v) is 6.41. The Bertz CT molecular complexity index is 1740. The number of nitrogens with one attached hydrogen (secondary N) is 2. The number of benzene rings is 5. The van der Waals surface area contributed by atoms with Crippen LogP contribution in [0.2, 0.25) is 0 Å². The first-order valence-electron chi connectivity index (χ1n) is 15.8. The summed E-state index contributed by atoms with van der Waals surface area (Å²) in [5.41, 5.74) is 6.38. The lowest BCUT2D eigenvalue weighted by molar-refractivity contribution is -0.0000203. The summed E-state index contributed by atoms with van der Waals surface area (Å²) in [6.07, 6.45) is 3.08. The largest absolute Gasteiger partial charge is 1.00 e. The van der Waals surface area contributed by atoms with Gasteiger partial charge in [-0.3, -0.25) is 4.79 Å². The zero-order chi connectivity index (χ0) is 32.8. The number of ketones is 1. The topological polar surface area (TPSA) is 112 Å². The van der Waals surface area contributed by atoms with Crippen molar-refractivity contribution in [2.45, 2.75) is 57.0 Å². The summed E-state index contributed by atoms with van der Waals surface area (Å²) in [7, 11) is -3.74. The SMILES string of the molecule is CC(=O)c1ccccc1.Cc1ccc(CCCCN[C@@H](c2ccccc2)[C@@H](NS(=O)(=O)c2ccc(C)cc2)c2ccccc2)cc1.[Cl-].[NH4+]. The molecule has 0 bridgehead atoms. The molecule has 6 nitrogen and oxygen atoms in total.